The van der Waals surface area contributed by atoms with Gasteiger partial charge in [-0.3, -0.25) is 4.28 Å². The fourth-order valence-corrected chi connectivity index (χ4v) is 3.58. The Balaban J connectivity index is 2.42. The molecule has 0 amide bonds. The van der Waals surface area contributed by atoms with Crippen LogP contribution in [0.1, 0.15) is 24.5 Å². The first kappa shape index (κ1) is 17.3. The summed E-state index contributed by atoms with van der Waals surface area (Å²) in [5.74, 6) is -0.0934. The molecule has 0 N–H and O–H groups in total. The molecule has 23 heavy (non-hydrogen) atoms. The molecule has 5 nitrogen and oxygen atoms in total. The van der Waals surface area contributed by atoms with Gasteiger partial charge < -0.3 is 0 Å². The molecule has 120 valence electrons. The van der Waals surface area contributed by atoms with E-state index in [9.17, 15) is 13.7 Å². The van der Waals surface area contributed by atoms with Gasteiger partial charge in [0.1, 0.15) is 11.1 Å². The van der Waals surface area contributed by atoms with Crippen LogP contribution in [-0.2, 0) is 14.4 Å². The molecule has 1 aliphatic rings. The highest BCUT2D eigenvalue weighted by Crippen LogP contribution is 2.32. The summed E-state index contributed by atoms with van der Waals surface area (Å²) in [7, 11) is -3.68. The molecule has 0 saturated carbocycles. The zero-order valence-corrected chi connectivity index (χ0v) is 14.4. The molecular weight excluding hydrogens is 332 g/mol. The summed E-state index contributed by atoms with van der Waals surface area (Å²) in [4.78, 5) is 0. The number of rotatable bonds is 5. The molecule has 2 rings (SSSR count). The van der Waals surface area contributed by atoms with Crippen LogP contribution >= 0.6 is 11.8 Å². The minimum absolute atomic E-state index is 0.0934. The Bertz CT molecular complexity index is 831. The minimum Gasteiger partial charge on any atom is -0.267 e. The van der Waals surface area contributed by atoms with Crippen LogP contribution in [0, 0.1) is 18.3 Å². The number of nitriles is 1. The molecule has 0 aliphatic carbocycles. The van der Waals surface area contributed by atoms with Gasteiger partial charge in [-0.25, -0.2) is 0 Å². The third-order valence-corrected chi connectivity index (χ3v) is 5.13. The van der Waals surface area contributed by atoms with E-state index in [0.29, 0.717) is 22.6 Å². The molecule has 1 aliphatic heterocycles. The Morgan fingerprint density at radius 3 is 2.78 bits per heavy atom. The summed E-state index contributed by atoms with van der Waals surface area (Å²) in [6.45, 7) is 3.66. The van der Waals surface area contributed by atoms with E-state index in [1.165, 1.54) is 11.8 Å². The SMILES string of the molecule is CCCS(=O)(=O)ON=C1SC=C/C1=C(\C#N)c1ccccc1C. The Morgan fingerprint density at radius 1 is 1.39 bits per heavy atom. The van der Waals surface area contributed by atoms with Crippen LogP contribution in [-0.4, -0.2) is 19.2 Å². The van der Waals surface area contributed by atoms with Crippen LogP contribution < -0.4 is 0 Å². The van der Waals surface area contributed by atoms with Gasteiger partial charge in [0, 0.05) is 5.57 Å². The maximum atomic E-state index is 11.6. The van der Waals surface area contributed by atoms with Crippen molar-refractivity contribution in [2.75, 3.05) is 5.75 Å². The molecule has 0 aromatic heterocycles. The van der Waals surface area contributed by atoms with E-state index in [1.54, 1.807) is 18.4 Å². The lowest BCUT2D eigenvalue weighted by Gasteiger charge is -2.07. The van der Waals surface area contributed by atoms with Gasteiger partial charge in [0.15, 0.2) is 0 Å². The first-order valence-corrected chi connectivity index (χ1v) is 9.47. The van der Waals surface area contributed by atoms with E-state index < -0.39 is 10.1 Å². The lowest BCUT2D eigenvalue weighted by molar-refractivity contribution is 0.340. The zero-order valence-electron chi connectivity index (χ0n) is 12.8. The maximum absolute atomic E-state index is 11.6. The van der Waals surface area contributed by atoms with Crippen molar-refractivity contribution in [3.63, 3.8) is 0 Å². The molecule has 0 unspecified atom stereocenters. The Morgan fingerprint density at radius 2 is 2.13 bits per heavy atom. The summed E-state index contributed by atoms with van der Waals surface area (Å²) in [6, 6.07) is 9.70. The number of benzene rings is 1. The van der Waals surface area contributed by atoms with E-state index in [1.807, 2.05) is 31.2 Å². The number of hydrogen-bond acceptors (Lipinski definition) is 6. The van der Waals surface area contributed by atoms with Crippen LogP contribution in [0.15, 0.2) is 46.5 Å². The van der Waals surface area contributed by atoms with E-state index in [-0.39, 0.29) is 5.75 Å². The first-order valence-electron chi connectivity index (χ1n) is 7.01. The lowest BCUT2D eigenvalue weighted by atomic mass is 9.97. The monoisotopic (exact) mass is 348 g/mol. The molecule has 1 aromatic rings. The third-order valence-electron chi connectivity index (χ3n) is 3.13. The number of hydrogen-bond donors (Lipinski definition) is 0. The van der Waals surface area contributed by atoms with Gasteiger partial charge in [-0.05, 0) is 36.0 Å². The summed E-state index contributed by atoms with van der Waals surface area (Å²) in [5.41, 5.74) is 2.76. The van der Waals surface area contributed by atoms with Crippen LogP contribution in [0.25, 0.3) is 5.57 Å². The van der Waals surface area contributed by atoms with E-state index in [4.69, 9.17) is 4.28 Å². The maximum Gasteiger partial charge on any atom is 0.328 e. The fraction of sp³-hybridized carbons (Fsp3) is 0.250. The van der Waals surface area contributed by atoms with Crippen LogP contribution in [0.2, 0.25) is 0 Å². The molecule has 0 fully saturated rings. The van der Waals surface area contributed by atoms with Crippen LogP contribution in [0.5, 0.6) is 0 Å². The minimum atomic E-state index is -3.68. The van der Waals surface area contributed by atoms with Crippen molar-refractivity contribution >= 4 is 32.5 Å². The summed E-state index contributed by atoms with van der Waals surface area (Å²) in [6.07, 6.45) is 2.19. The molecule has 1 heterocycles. The standard InChI is InChI=1S/C16H16N2O3S2/c1-3-10-23(19,20)21-18-16-14(8-9-22-16)15(11-17)13-7-5-4-6-12(13)2/h4-9H,3,10H2,1-2H3/b15-14-,18-16?. The molecule has 7 heteroatoms. The second-order valence-electron chi connectivity index (χ2n) is 4.87. The van der Waals surface area contributed by atoms with Crippen LogP contribution in [0.3, 0.4) is 0 Å². The van der Waals surface area contributed by atoms with Gasteiger partial charge in [0.05, 0.1) is 11.3 Å². The normalized spacial score (nSPS) is 18.0. The highest BCUT2D eigenvalue weighted by atomic mass is 32.2. The average Bonchev–Trinajstić information content (AvgIpc) is 2.96. The number of nitrogens with zero attached hydrogens (tertiary/aromatic N) is 2. The average molecular weight is 348 g/mol. The van der Waals surface area contributed by atoms with Crippen molar-refractivity contribution in [3.05, 3.63) is 52.4 Å². The van der Waals surface area contributed by atoms with Gasteiger partial charge in [-0.2, -0.15) is 13.7 Å². The van der Waals surface area contributed by atoms with Gasteiger partial charge in [-0.1, -0.05) is 48.1 Å². The highest BCUT2D eigenvalue weighted by Gasteiger charge is 2.20. The zero-order chi connectivity index (χ0) is 16.9. The number of aryl methyl sites for hydroxylation is 1. The van der Waals surface area contributed by atoms with Gasteiger partial charge in [0.25, 0.3) is 0 Å². The van der Waals surface area contributed by atoms with Crippen molar-refractivity contribution in [3.8, 4) is 6.07 Å². The smallest absolute Gasteiger partial charge is 0.267 e. The summed E-state index contributed by atoms with van der Waals surface area (Å²) in [5, 5.41) is 15.4. The second kappa shape index (κ2) is 7.49. The van der Waals surface area contributed by atoms with Gasteiger partial charge >= 0.3 is 10.1 Å². The number of thioether (sulfide) groups is 1. The lowest BCUT2D eigenvalue weighted by Crippen LogP contribution is -2.08. The first-order chi connectivity index (χ1) is 11.0. The van der Waals surface area contributed by atoms with E-state index in [2.05, 4.69) is 11.2 Å². The predicted octanol–water partition coefficient (Wildman–Crippen LogP) is 3.60. The summed E-state index contributed by atoms with van der Waals surface area (Å²) >= 11 is 1.22. The second-order valence-corrected chi connectivity index (χ2v) is 7.44. The molecule has 0 atom stereocenters. The Hall–Kier alpha value is -2.04. The van der Waals surface area contributed by atoms with Crippen molar-refractivity contribution in [1.82, 2.24) is 0 Å². The number of allylic oxidation sites excluding steroid dienone is 2. The van der Waals surface area contributed by atoms with Gasteiger partial charge in [0.2, 0.25) is 0 Å². The third kappa shape index (κ3) is 4.24. The van der Waals surface area contributed by atoms with Crippen molar-refractivity contribution < 1.29 is 12.7 Å². The highest BCUT2D eigenvalue weighted by molar-refractivity contribution is 8.17. The molecule has 0 bridgehead atoms. The molecule has 0 spiro atoms. The Kier molecular flexibility index (Phi) is 5.64. The molecule has 0 radical (unpaired) electrons. The molecular formula is C16H16N2O3S2. The van der Waals surface area contributed by atoms with E-state index >= 15 is 0 Å². The fourth-order valence-electron chi connectivity index (χ4n) is 2.06. The largest absolute Gasteiger partial charge is 0.328 e. The quantitative estimate of drug-likeness (QED) is 0.600. The van der Waals surface area contributed by atoms with E-state index in [0.717, 1.165) is 11.1 Å². The Labute approximate surface area is 140 Å². The van der Waals surface area contributed by atoms with Gasteiger partial charge in [-0.15, -0.1) is 0 Å². The van der Waals surface area contributed by atoms with Crippen LogP contribution in [0.4, 0.5) is 0 Å². The van der Waals surface area contributed by atoms with Crippen molar-refractivity contribution in [1.29, 1.82) is 5.26 Å². The molecule has 1 aromatic carbocycles. The predicted molar refractivity (Wildman–Crippen MR) is 93.0 cm³/mol. The summed E-state index contributed by atoms with van der Waals surface area (Å²) < 4.78 is 27.9. The number of oxime groups is 1. The topological polar surface area (TPSA) is 79.5 Å². The van der Waals surface area contributed by atoms with Crippen molar-refractivity contribution in [2.24, 2.45) is 5.16 Å². The molecule has 0 saturated heterocycles. The van der Waals surface area contributed by atoms with Crippen molar-refractivity contribution in [2.45, 2.75) is 20.3 Å².